The number of hydrogen-bond donors (Lipinski definition) is 1. The molecule has 2 amide bonds. The number of furan rings is 1. The summed E-state index contributed by atoms with van der Waals surface area (Å²) in [6.45, 7) is 3.43. The Balaban J connectivity index is 1.42. The van der Waals surface area contributed by atoms with E-state index in [4.69, 9.17) is 4.42 Å². The van der Waals surface area contributed by atoms with Gasteiger partial charge in [0.05, 0.1) is 37.2 Å². The second-order valence-corrected chi connectivity index (χ2v) is 6.58. The number of nitrogens with one attached hydrogen (secondary N) is 1. The molecule has 0 saturated heterocycles. The maximum absolute atomic E-state index is 12.7. The molecule has 1 aliphatic rings. The van der Waals surface area contributed by atoms with Gasteiger partial charge in [0.1, 0.15) is 17.3 Å². The molecule has 3 aromatic heterocycles. The van der Waals surface area contributed by atoms with E-state index in [1.54, 1.807) is 23.3 Å². The lowest BCUT2D eigenvalue weighted by molar-refractivity contribution is -0.120. The Morgan fingerprint density at radius 1 is 1.32 bits per heavy atom. The largest absolute Gasteiger partial charge is 0.467 e. The van der Waals surface area contributed by atoms with Crippen LogP contribution < -0.4 is 5.32 Å². The predicted molar refractivity (Wildman–Crippen MR) is 98.0 cm³/mol. The molecule has 0 fully saturated rings. The first-order chi connectivity index (χ1) is 13.6. The van der Waals surface area contributed by atoms with E-state index in [-0.39, 0.29) is 24.3 Å². The van der Waals surface area contributed by atoms with Gasteiger partial charge in [-0.05, 0) is 19.1 Å². The molecule has 0 bridgehead atoms. The maximum atomic E-state index is 12.7. The zero-order valence-electron chi connectivity index (χ0n) is 15.4. The molecule has 1 aliphatic heterocycles. The van der Waals surface area contributed by atoms with Crippen molar-refractivity contribution in [2.75, 3.05) is 6.54 Å². The second kappa shape index (κ2) is 7.63. The Kier molecular flexibility index (Phi) is 4.88. The maximum Gasteiger partial charge on any atom is 0.274 e. The standard InChI is InChI=1S/C19H20N6O3/c1-13-18-23-14(9-17(26)22-10-15-3-2-8-28-15)12-24(18)6-7-25(13)19(27)16-11-20-4-5-21-16/h2-5,8,11-13H,6-7,9-10H2,1H3,(H,22,26)/t13-/m0/s1. The van der Waals surface area contributed by atoms with Crippen molar-refractivity contribution < 1.29 is 14.0 Å². The molecule has 3 aromatic rings. The minimum Gasteiger partial charge on any atom is -0.467 e. The van der Waals surface area contributed by atoms with Gasteiger partial charge in [-0.3, -0.25) is 14.6 Å². The normalized spacial score (nSPS) is 15.9. The van der Waals surface area contributed by atoms with Gasteiger partial charge in [-0.15, -0.1) is 0 Å². The lowest BCUT2D eigenvalue weighted by Crippen LogP contribution is -2.41. The quantitative estimate of drug-likeness (QED) is 0.716. The van der Waals surface area contributed by atoms with Gasteiger partial charge in [0.15, 0.2) is 0 Å². The number of carbonyl (C=O) groups is 2. The highest BCUT2D eigenvalue weighted by Crippen LogP contribution is 2.26. The predicted octanol–water partition coefficient (Wildman–Crippen LogP) is 1.34. The summed E-state index contributed by atoms with van der Waals surface area (Å²) in [5.74, 6) is 1.15. The highest BCUT2D eigenvalue weighted by molar-refractivity contribution is 5.92. The molecule has 4 heterocycles. The molecule has 1 atom stereocenters. The van der Waals surface area contributed by atoms with Crippen molar-refractivity contribution in [3.05, 3.63) is 66.2 Å². The number of rotatable bonds is 5. The summed E-state index contributed by atoms with van der Waals surface area (Å²) >= 11 is 0. The van der Waals surface area contributed by atoms with E-state index in [2.05, 4.69) is 20.3 Å². The highest BCUT2D eigenvalue weighted by atomic mass is 16.3. The summed E-state index contributed by atoms with van der Waals surface area (Å²) < 4.78 is 7.20. The van der Waals surface area contributed by atoms with Crippen molar-refractivity contribution >= 4 is 11.8 Å². The van der Waals surface area contributed by atoms with Crippen LogP contribution in [0.4, 0.5) is 0 Å². The summed E-state index contributed by atoms with van der Waals surface area (Å²) in [6, 6.07) is 3.36. The first-order valence-corrected chi connectivity index (χ1v) is 9.04. The summed E-state index contributed by atoms with van der Waals surface area (Å²) in [5.41, 5.74) is 0.986. The van der Waals surface area contributed by atoms with Crippen LogP contribution in [0.2, 0.25) is 0 Å². The summed E-state index contributed by atoms with van der Waals surface area (Å²) in [6.07, 6.45) is 8.12. The molecule has 0 radical (unpaired) electrons. The third kappa shape index (κ3) is 3.64. The molecule has 28 heavy (non-hydrogen) atoms. The van der Waals surface area contributed by atoms with Crippen LogP contribution in [0.5, 0.6) is 0 Å². The molecule has 0 spiro atoms. The zero-order valence-corrected chi connectivity index (χ0v) is 15.4. The molecular formula is C19H20N6O3. The van der Waals surface area contributed by atoms with Crippen LogP contribution in [-0.4, -0.2) is 42.8 Å². The van der Waals surface area contributed by atoms with Crippen molar-refractivity contribution in [2.24, 2.45) is 0 Å². The fourth-order valence-electron chi connectivity index (χ4n) is 3.29. The van der Waals surface area contributed by atoms with Crippen LogP contribution in [0, 0.1) is 0 Å². The van der Waals surface area contributed by atoms with Gasteiger partial charge in [0.2, 0.25) is 5.91 Å². The zero-order chi connectivity index (χ0) is 19.5. The first-order valence-electron chi connectivity index (χ1n) is 9.04. The van der Waals surface area contributed by atoms with E-state index in [0.29, 0.717) is 36.8 Å². The molecule has 1 N–H and O–H groups in total. The molecule has 0 aliphatic carbocycles. The van der Waals surface area contributed by atoms with Crippen molar-refractivity contribution in [2.45, 2.75) is 32.5 Å². The SMILES string of the molecule is C[C@H]1c2nc(CC(=O)NCc3ccco3)cn2CCN1C(=O)c1cnccn1. The summed E-state index contributed by atoms with van der Waals surface area (Å²) in [4.78, 5) is 39.3. The topological polar surface area (TPSA) is 106 Å². The lowest BCUT2D eigenvalue weighted by atomic mass is 10.2. The van der Waals surface area contributed by atoms with Gasteiger partial charge in [-0.2, -0.15) is 0 Å². The minimum atomic E-state index is -0.219. The molecule has 9 heteroatoms. The fraction of sp³-hybridized carbons (Fsp3) is 0.316. The Morgan fingerprint density at radius 3 is 2.96 bits per heavy atom. The van der Waals surface area contributed by atoms with Crippen LogP contribution in [0.1, 0.15) is 40.7 Å². The number of carbonyl (C=O) groups excluding carboxylic acids is 2. The van der Waals surface area contributed by atoms with E-state index in [1.165, 1.54) is 18.6 Å². The number of amides is 2. The monoisotopic (exact) mass is 380 g/mol. The molecule has 0 saturated carbocycles. The van der Waals surface area contributed by atoms with Gasteiger partial charge < -0.3 is 19.2 Å². The van der Waals surface area contributed by atoms with Gasteiger partial charge in [-0.1, -0.05) is 0 Å². The van der Waals surface area contributed by atoms with Gasteiger partial charge >= 0.3 is 0 Å². The van der Waals surface area contributed by atoms with Crippen LogP contribution in [0.25, 0.3) is 0 Å². The Labute approximate surface area is 161 Å². The van der Waals surface area contributed by atoms with Crippen LogP contribution in [0.3, 0.4) is 0 Å². The lowest BCUT2D eigenvalue weighted by Gasteiger charge is -2.33. The number of nitrogens with zero attached hydrogens (tertiary/aromatic N) is 5. The third-order valence-electron chi connectivity index (χ3n) is 4.70. The number of aromatic nitrogens is 4. The molecule has 144 valence electrons. The second-order valence-electron chi connectivity index (χ2n) is 6.58. The highest BCUT2D eigenvalue weighted by Gasteiger charge is 2.31. The third-order valence-corrected chi connectivity index (χ3v) is 4.70. The van der Waals surface area contributed by atoms with Crippen LogP contribution in [-0.2, 0) is 24.3 Å². The molecule has 0 aromatic carbocycles. The smallest absolute Gasteiger partial charge is 0.274 e. The Bertz CT molecular complexity index is 967. The number of hydrogen-bond acceptors (Lipinski definition) is 6. The Morgan fingerprint density at radius 2 is 2.21 bits per heavy atom. The van der Waals surface area contributed by atoms with Gasteiger partial charge in [-0.25, -0.2) is 9.97 Å². The van der Waals surface area contributed by atoms with E-state index in [9.17, 15) is 9.59 Å². The average Bonchev–Trinajstić information content (AvgIpc) is 3.37. The van der Waals surface area contributed by atoms with Crippen LogP contribution >= 0.6 is 0 Å². The average molecular weight is 380 g/mol. The fourth-order valence-corrected chi connectivity index (χ4v) is 3.29. The molecular weight excluding hydrogens is 360 g/mol. The first kappa shape index (κ1) is 17.9. The summed E-state index contributed by atoms with van der Waals surface area (Å²) in [5, 5.41) is 2.81. The Hall–Kier alpha value is -3.49. The van der Waals surface area contributed by atoms with E-state index in [0.717, 1.165) is 5.82 Å². The minimum absolute atomic E-state index is 0.132. The van der Waals surface area contributed by atoms with Crippen molar-refractivity contribution in [3.8, 4) is 0 Å². The number of imidazole rings is 1. The van der Waals surface area contributed by atoms with Crippen LogP contribution in [0.15, 0.2) is 47.6 Å². The molecule has 4 rings (SSSR count). The number of fused-ring (bicyclic) bond motifs is 1. The molecule has 9 nitrogen and oxygen atoms in total. The van der Waals surface area contributed by atoms with Gasteiger partial charge in [0, 0.05) is 31.7 Å². The van der Waals surface area contributed by atoms with Crippen molar-refractivity contribution in [1.29, 1.82) is 0 Å². The summed E-state index contributed by atoms with van der Waals surface area (Å²) in [7, 11) is 0. The van der Waals surface area contributed by atoms with E-state index >= 15 is 0 Å². The molecule has 0 unspecified atom stereocenters. The van der Waals surface area contributed by atoms with E-state index in [1.807, 2.05) is 17.7 Å². The van der Waals surface area contributed by atoms with Crippen molar-refractivity contribution in [1.82, 2.24) is 29.7 Å². The van der Waals surface area contributed by atoms with E-state index < -0.39 is 0 Å². The van der Waals surface area contributed by atoms with Crippen molar-refractivity contribution in [3.63, 3.8) is 0 Å². The van der Waals surface area contributed by atoms with Gasteiger partial charge in [0.25, 0.3) is 5.91 Å².